The van der Waals surface area contributed by atoms with Crippen molar-refractivity contribution in [1.82, 2.24) is 4.90 Å². The van der Waals surface area contributed by atoms with E-state index in [1.807, 2.05) is 29.2 Å². The first-order valence-electron chi connectivity index (χ1n) is 6.39. The third-order valence-electron chi connectivity index (χ3n) is 3.56. The molecule has 5 heteroatoms. The molecule has 2 rings (SSSR count). The van der Waals surface area contributed by atoms with E-state index in [4.69, 9.17) is 10.5 Å². The zero-order valence-corrected chi connectivity index (χ0v) is 12.6. The number of likely N-dealkylation sites (tertiary alicyclic amines) is 1. The monoisotopic (exact) mass is 326 g/mol. The van der Waals surface area contributed by atoms with Crippen molar-refractivity contribution in [3.05, 3.63) is 28.7 Å². The lowest BCUT2D eigenvalue weighted by atomic mass is 9.90. The van der Waals surface area contributed by atoms with E-state index >= 15 is 0 Å². The lowest BCUT2D eigenvalue weighted by molar-refractivity contribution is -0.132. The van der Waals surface area contributed by atoms with Crippen molar-refractivity contribution in [1.29, 1.82) is 0 Å². The molecule has 1 aliphatic rings. The maximum Gasteiger partial charge on any atom is 0.260 e. The fourth-order valence-electron chi connectivity index (χ4n) is 2.20. The summed E-state index contributed by atoms with van der Waals surface area (Å²) in [6.45, 7) is 4.31. The molecule has 2 N–H and O–H groups in total. The Labute approximate surface area is 122 Å². The average Bonchev–Trinajstić information content (AvgIpc) is 2.80. The molecule has 0 radical (unpaired) electrons. The minimum atomic E-state index is 0.0251. The van der Waals surface area contributed by atoms with Gasteiger partial charge in [-0.05, 0) is 36.6 Å². The van der Waals surface area contributed by atoms with E-state index in [1.54, 1.807) is 0 Å². The second-order valence-corrected chi connectivity index (χ2v) is 6.24. The molecule has 0 aliphatic carbocycles. The van der Waals surface area contributed by atoms with Crippen LogP contribution in [0.15, 0.2) is 28.7 Å². The molecule has 1 fully saturated rings. The van der Waals surface area contributed by atoms with Crippen LogP contribution >= 0.6 is 15.9 Å². The van der Waals surface area contributed by atoms with E-state index in [0.717, 1.165) is 24.0 Å². The van der Waals surface area contributed by atoms with Gasteiger partial charge in [-0.1, -0.05) is 28.9 Å². The van der Waals surface area contributed by atoms with Gasteiger partial charge in [0.1, 0.15) is 5.75 Å². The van der Waals surface area contributed by atoms with Crippen molar-refractivity contribution >= 4 is 21.8 Å². The van der Waals surface area contributed by atoms with Gasteiger partial charge in [0.25, 0.3) is 5.91 Å². The minimum absolute atomic E-state index is 0.0251. The largest absolute Gasteiger partial charge is 0.484 e. The Morgan fingerprint density at radius 2 is 2.37 bits per heavy atom. The molecule has 1 unspecified atom stereocenters. The highest BCUT2D eigenvalue weighted by Crippen LogP contribution is 2.28. The summed E-state index contributed by atoms with van der Waals surface area (Å²) < 4.78 is 6.45. The van der Waals surface area contributed by atoms with Gasteiger partial charge in [0.15, 0.2) is 6.61 Å². The molecule has 0 saturated carbocycles. The van der Waals surface area contributed by atoms with Crippen molar-refractivity contribution in [2.45, 2.75) is 13.3 Å². The van der Waals surface area contributed by atoms with E-state index in [-0.39, 0.29) is 17.9 Å². The number of carbonyl (C=O) groups excluding carboxylic acids is 1. The van der Waals surface area contributed by atoms with Gasteiger partial charge in [0.2, 0.25) is 0 Å². The van der Waals surface area contributed by atoms with Gasteiger partial charge >= 0.3 is 0 Å². The van der Waals surface area contributed by atoms with Crippen LogP contribution in [0.1, 0.15) is 13.3 Å². The highest BCUT2D eigenvalue weighted by molar-refractivity contribution is 9.10. The Morgan fingerprint density at radius 1 is 1.58 bits per heavy atom. The molecule has 1 saturated heterocycles. The van der Waals surface area contributed by atoms with Crippen LogP contribution in [0.4, 0.5) is 0 Å². The second kappa shape index (κ2) is 5.92. The zero-order chi connectivity index (χ0) is 13.9. The van der Waals surface area contributed by atoms with E-state index in [9.17, 15) is 4.79 Å². The number of halogens is 1. The number of benzene rings is 1. The normalized spacial score (nSPS) is 22.6. The molecule has 19 heavy (non-hydrogen) atoms. The standard InChI is InChI=1S/C14H19BrN2O2/c1-14(9-16)5-6-17(10-14)13(18)8-19-12-4-2-3-11(15)7-12/h2-4,7H,5-6,8-10,16H2,1H3. The van der Waals surface area contributed by atoms with Crippen LogP contribution in [0.25, 0.3) is 0 Å². The number of ether oxygens (including phenoxy) is 1. The van der Waals surface area contributed by atoms with E-state index in [2.05, 4.69) is 22.9 Å². The summed E-state index contributed by atoms with van der Waals surface area (Å²) in [5, 5.41) is 0. The highest BCUT2D eigenvalue weighted by atomic mass is 79.9. The molecule has 0 spiro atoms. The quantitative estimate of drug-likeness (QED) is 0.921. The van der Waals surface area contributed by atoms with Gasteiger partial charge in [-0.25, -0.2) is 0 Å². The molecule has 1 atom stereocenters. The summed E-state index contributed by atoms with van der Waals surface area (Å²) in [6, 6.07) is 7.49. The van der Waals surface area contributed by atoms with Crippen molar-refractivity contribution < 1.29 is 9.53 Å². The maximum atomic E-state index is 12.1. The Morgan fingerprint density at radius 3 is 3.00 bits per heavy atom. The molecule has 1 aliphatic heterocycles. The van der Waals surface area contributed by atoms with Crippen LogP contribution < -0.4 is 10.5 Å². The highest BCUT2D eigenvalue weighted by Gasteiger charge is 2.34. The van der Waals surface area contributed by atoms with Gasteiger partial charge in [-0.15, -0.1) is 0 Å². The maximum absolute atomic E-state index is 12.1. The molecule has 0 aromatic heterocycles. The first-order chi connectivity index (χ1) is 9.02. The summed E-state index contributed by atoms with van der Waals surface area (Å²) >= 11 is 3.37. The second-order valence-electron chi connectivity index (χ2n) is 5.33. The Bertz CT molecular complexity index is 467. The zero-order valence-electron chi connectivity index (χ0n) is 11.1. The molecule has 1 amide bonds. The third-order valence-corrected chi connectivity index (χ3v) is 4.06. The SMILES string of the molecule is CC1(CN)CCN(C(=O)COc2cccc(Br)c2)C1. The first kappa shape index (κ1) is 14.3. The van der Waals surface area contributed by atoms with Crippen LogP contribution in [0, 0.1) is 5.41 Å². The predicted octanol–water partition coefficient (Wildman–Crippen LogP) is 2.03. The number of nitrogens with two attached hydrogens (primary N) is 1. The van der Waals surface area contributed by atoms with Gasteiger partial charge in [0, 0.05) is 17.6 Å². The summed E-state index contributed by atoms with van der Waals surface area (Å²) in [7, 11) is 0. The third kappa shape index (κ3) is 3.70. The molecule has 1 aromatic carbocycles. The fraction of sp³-hybridized carbons (Fsp3) is 0.500. The minimum Gasteiger partial charge on any atom is -0.484 e. The number of carbonyl (C=O) groups is 1. The number of hydrogen-bond donors (Lipinski definition) is 1. The fourth-order valence-corrected chi connectivity index (χ4v) is 2.57. The Hall–Kier alpha value is -1.07. The average molecular weight is 327 g/mol. The van der Waals surface area contributed by atoms with Crippen molar-refractivity contribution in [2.24, 2.45) is 11.1 Å². The van der Waals surface area contributed by atoms with E-state index in [1.165, 1.54) is 0 Å². The molecule has 1 heterocycles. The summed E-state index contributed by atoms with van der Waals surface area (Å²) in [5.41, 5.74) is 5.80. The summed E-state index contributed by atoms with van der Waals surface area (Å²) in [6.07, 6.45) is 0.964. The van der Waals surface area contributed by atoms with Gasteiger partial charge in [-0.2, -0.15) is 0 Å². The van der Waals surface area contributed by atoms with Crippen LogP contribution in [0.5, 0.6) is 5.75 Å². The first-order valence-corrected chi connectivity index (χ1v) is 7.18. The number of amides is 1. The van der Waals surface area contributed by atoms with Crippen LogP contribution in [0.3, 0.4) is 0 Å². The van der Waals surface area contributed by atoms with Crippen molar-refractivity contribution in [3.8, 4) is 5.75 Å². The van der Waals surface area contributed by atoms with E-state index < -0.39 is 0 Å². The smallest absolute Gasteiger partial charge is 0.260 e. The molecule has 0 bridgehead atoms. The molecule has 1 aromatic rings. The van der Waals surface area contributed by atoms with Crippen molar-refractivity contribution in [3.63, 3.8) is 0 Å². The van der Waals surface area contributed by atoms with Crippen LogP contribution in [-0.2, 0) is 4.79 Å². The van der Waals surface area contributed by atoms with Crippen molar-refractivity contribution in [2.75, 3.05) is 26.2 Å². The Balaban J connectivity index is 1.86. The van der Waals surface area contributed by atoms with Gasteiger partial charge < -0.3 is 15.4 Å². The van der Waals surface area contributed by atoms with Gasteiger partial charge in [0.05, 0.1) is 0 Å². The number of rotatable bonds is 4. The van der Waals surface area contributed by atoms with Crippen LogP contribution in [-0.4, -0.2) is 37.0 Å². The predicted molar refractivity (Wildman–Crippen MR) is 78.0 cm³/mol. The molecular formula is C14H19BrN2O2. The Kier molecular flexibility index (Phi) is 4.47. The summed E-state index contributed by atoms with van der Waals surface area (Å²) in [4.78, 5) is 13.9. The molecular weight excluding hydrogens is 308 g/mol. The van der Waals surface area contributed by atoms with Crippen LogP contribution in [0.2, 0.25) is 0 Å². The topological polar surface area (TPSA) is 55.6 Å². The van der Waals surface area contributed by atoms with E-state index in [0.29, 0.717) is 12.3 Å². The lowest BCUT2D eigenvalue weighted by Crippen LogP contribution is -2.36. The number of hydrogen-bond acceptors (Lipinski definition) is 3. The summed E-state index contributed by atoms with van der Waals surface area (Å²) in [5.74, 6) is 0.723. The molecule has 104 valence electrons. The molecule has 4 nitrogen and oxygen atoms in total. The lowest BCUT2D eigenvalue weighted by Gasteiger charge is -2.22. The van der Waals surface area contributed by atoms with Gasteiger partial charge in [-0.3, -0.25) is 4.79 Å². The number of nitrogens with zero attached hydrogens (tertiary/aromatic N) is 1.